The minimum absolute atomic E-state index is 0.621. The Bertz CT molecular complexity index is 587. The number of imidazole rings is 1. The van der Waals surface area contributed by atoms with E-state index in [9.17, 15) is 0 Å². The number of benzene rings is 1. The van der Waals surface area contributed by atoms with Gasteiger partial charge in [-0.2, -0.15) is 0 Å². The van der Waals surface area contributed by atoms with E-state index in [-0.39, 0.29) is 0 Å². The number of ether oxygens (including phenoxy) is 1. The Kier molecular flexibility index (Phi) is 4.27. The van der Waals surface area contributed by atoms with Gasteiger partial charge in [0, 0.05) is 32.1 Å². The van der Waals surface area contributed by atoms with Crippen molar-refractivity contribution in [1.82, 2.24) is 9.55 Å². The summed E-state index contributed by atoms with van der Waals surface area (Å²) in [5.74, 6) is 2.43. The summed E-state index contributed by atoms with van der Waals surface area (Å²) in [6.45, 7) is 4.94. The molecule has 0 radical (unpaired) electrons. The third kappa shape index (κ3) is 2.70. The molecule has 0 saturated carbocycles. The van der Waals surface area contributed by atoms with Gasteiger partial charge in [-0.15, -0.1) is 11.6 Å². The fourth-order valence-corrected chi connectivity index (χ4v) is 3.17. The summed E-state index contributed by atoms with van der Waals surface area (Å²) in [5.41, 5.74) is 3.61. The number of halogens is 1. The fourth-order valence-electron chi connectivity index (χ4n) is 3.00. The first kappa shape index (κ1) is 13.9. The van der Waals surface area contributed by atoms with E-state index in [4.69, 9.17) is 21.3 Å². The highest BCUT2D eigenvalue weighted by Gasteiger charge is 2.18. The van der Waals surface area contributed by atoms with Gasteiger partial charge in [-0.1, -0.05) is 12.1 Å². The predicted molar refractivity (Wildman–Crippen MR) is 82.4 cm³/mol. The van der Waals surface area contributed by atoms with Gasteiger partial charge in [-0.05, 0) is 37.3 Å². The Labute approximate surface area is 124 Å². The highest BCUT2D eigenvalue weighted by molar-refractivity contribution is 6.17. The van der Waals surface area contributed by atoms with Crippen LogP contribution in [0.3, 0.4) is 0 Å². The van der Waals surface area contributed by atoms with Gasteiger partial charge in [0.15, 0.2) is 0 Å². The largest absolute Gasteiger partial charge is 0.381 e. The van der Waals surface area contributed by atoms with Crippen LogP contribution >= 0.6 is 11.6 Å². The Morgan fingerprint density at radius 1 is 1.35 bits per heavy atom. The number of nitrogens with zero attached hydrogens (tertiary/aromatic N) is 2. The van der Waals surface area contributed by atoms with Crippen LogP contribution in [-0.2, 0) is 17.7 Å². The number of alkyl halides is 1. The first-order valence-electron chi connectivity index (χ1n) is 7.38. The van der Waals surface area contributed by atoms with Crippen LogP contribution in [0.25, 0.3) is 11.0 Å². The van der Waals surface area contributed by atoms with Crippen LogP contribution in [-0.4, -0.2) is 28.6 Å². The summed E-state index contributed by atoms with van der Waals surface area (Å²) in [5, 5.41) is 0. The van der Waals surface area contributed by atoms with Crippen LogP contribution in [0.2, 0.25) is 0 Å². The zero-order valence-electron chi connectivity index (χ0n) is 11.9. The van der Waals surface area contributed by atoms with Crippen LogP contribution in [0.1, 0.15) is 24.2 Å². The lowest BCUT2D eigenvalue weighted by Crippen LogP contribution is -2.21. The number of hydrogen-bond acceptors (Lipinski definition) is 2. The number of rotatable bonds is 4. The Hall–Kier alpha value is -1.06. The van der Waals surface area contributed by atoms with Crippen LogP contribution in [0.5, 0.6) is 0 Å². The lowest BCUT2D eigenvalue weighted by molar-refractivity contribution is 0.0613. The first-order valence-corrected chi connectivity index (χ1v) is 7.91. The average molecular weight is 293 g/mol. The van der Waals surface area contributed by atoms with Crippen molar-refractivity contribution in [3.63, 3.8) is 0 Å². The van der Waals surface area contributed by atoms with Gasteiger partial charge in [0.25, 0.3) is 0 Å². The van der Waals surface area contributed by atoms with E-state index in [1.807, 2.05) is 0 Å². The van der Waals surface area contributed by atoms with E-state index in [2.05, 4.69) is 29.7 Å². The second kappa shape index (κ2) is 6.15. The zero-order valence-corrected chi connectivity index (χ0v) is 12.7. The van der Waals surface area contributed by atoms with E-state index >= 15 is 0 Å². The summed E-state index contributed by atoms with van der Waals surface area (Å²) in [6, 6.07) is 6.41. The molecule has 2 heterocycles. The number of aryl methyl sites for hydroxylation is 2. The maximum Gasteiger partial charge on any atom is 0.111 e. The second-order valence-corrected chi connectivity index (χ2v) is 5.95. The minimum Gasteiger partial charge on any atom is -0.381 e. The van der Waals surface area contributed by atoms with Crippen molar-refractivity contribution >= 4 is 22.6 Å². The van der Waals surface area contributed by atoms with Crippen molar-refractivity contribution in [3.8, 4) is 0 Å². The Morgan fingerprint density at radius 2 is 2.15 bits per heavy atom. The molecule has 20 heavy (non-hydrogen) atoms. The molecule has 3 rings (SSSR count). The van der Waals surface area contributed by atoms with E-state index < -0.39 is 0 Å². The fraction of sp³-hybridized carbons (Fsp3) is 0.562. The van der Waals surface area contributed by atoms with Crippen molar-refractivity contribution in [2.75, 3.05) is 19.1 Å². The predicted octanol–water partition coefficient (Wildman–Crippen LogP) is 3.55. The molecular weight excluding hydrogens is 272 g/mol. The molecule has 1 fully saturated rings. The molecule has 0 aliphatic carbocycles. The molecule has 0 amide bonds. The molecule has 1 saturated heterocycles. The molecule has 0 atom stereocenters. The van der Waals surface area contributed by atoms with Gasteiger partial charge in [-0.25, -0.2) is 4.98 Å². The molecule has 0 bridgehead atoms. The Morgan fingerprint density at radius 3 is 2.90 bits per heavy atom. The molecule has 2 aromatic rings. The molecule has 1 aliphatic rings. The highest BCUT2D eigenvalue weighted by atomic mass is 35.5. The third-order valence-electron chi connectivity index (χ3n) is 4.16. The molecule has 1 aromatic heterocycles. The van der Waals surface area contributed by atoms with E-state index in [0.717, 1.165) is 50.4 Å². The van der Waals surface area contributed by atoms with Crippen LogP contribution < -0.4 is 0 Å². The normalized spacial score (nSPS) is 16.9. The second-order valence-electron chi connectivity index (χ2n) is 5.58. The summed E-state index contributed by atoms with van der Waals surface area (Å²) >= 11 is 5.94. The monoisotopic (exact) mass is 292 g/mol. The smallest absolute Gasteiger partial charge is 0.111 e. The van der Waals surface area contributed by atoms with Crippen molar-refractivity contribution in [3.05, 3.63) is 29.6 Å². The highest BCUT2D eigenvalue weighted by Crippen LogP contribution is 2.24. The van der Waals surface area contributed by atoms with Crippen molar-refractivity contribution < 1.29 is 4.74 Å². The maximum atomic E-state index is 5.94. The zero-order chi connectivity index (χ0) is 13.9. The topological polar surface area (TPSA) is 27.1 Å². The molecule has 0 N–H and O–H groups in total. The van der Waals surface area contributed by atoms with E-state index in [1.54, 1.807) is 0 Å². The summed E-state index contributed by atoms with van der Waals surface area (Å²) in [7, 11) is 0. The van der Waals surface area contributed by atoms with E-state index in [0.29, 0.717) is 11.8 Å². The molecule has 3 nitrogen and oxygen atoms in total. The van der Waals surface area contributed by atoms with Crippen molar-refractivity contribution in [1.29, 1.82) is 0 Å². The van der Waals surface area contributed by atoms with Crippen LogP contribution in [0.4, 0.5) is 0 Å². The lowest BCUT2D eigenvalue weighted by atomic mass is 10.00. The molecule has 0 unspecified atom stereocenters. The Balaban J connectivity index is 1.97. The molecular formula is C16H21ClN2O. The quantitative estimate of drug-likeness (QED) is 0.806. The summed E-state index contributed by atoms with van der Waals surface area (Å²) in [6.07, 6.45) is 3.12. The van der Waals surface area contributed by atoms with E-state index in [1.165, 1.54) is 11.1 Å². The van der Waals surface area contributed by atoms with Crippen LogP contribution in [0.15, 0.2) is 18.2 Å². The van der Waals surface area contributed by atoms with Crippen molar-refractivity contribution in [2.45, 2.75) is 32.7 Å². The number of aromatic nitrogens is 2. The summed E-state index contributed by atoms with van der Waals surface area (Å²) in [4.78, 5) is 4.81. The molecule has 0 spiro atoms. The maximum absolute atomic E-state index is 5.94. The molecule has 108 valence electrons. The first-order chi connectivity index (χ1) is 9.79. The summed E-state index contributed by atoms with van der Waals surface area (Å²) < 4.78 is 7.83. The van der Waals surface area contributed by atoms with Crippen molar-refractivity contribution in [2.24, 2.45) is 5.92 Å². The van der Waals surface area contributed by atoms with Crippen LogP contribution in [0, 0.1) is 12.8 Å². The van der Waals surface area contributed by atoms with Gasteiger partial charge in [0.1, 0.15) is 5.82 Å². The number of fused-ring (bicyclic) bond motifs is 1. The SMILES string of the molecule is Cc1cccc2c1nc(CCCl)n2CC1CCOCC1. The third-order valence-corrected chi connectivity index (χ3v) is 4.35. The van der Waals surface area contributed by atoms with Gasteiger partial charge in [-0.3, -0.25) is 0 Å². The van der Waals surface area contributed by atoms with Gasteiger partial charge < -0.3 is 9.30 Å². The molecule has 1 aromatic carbocycles. The standard InChI is InChI=1S/C16H21ClN2O/c1-12-3-2-4-14-16(12)18-15(5-8-17)19(14)11-13-6-9-20-10-7-13/h2-4,13H,5-11H2,1H3. The number of para-hydroxylation sites is 1. The average Bonchev–Trinajstić information content (AvgIpc) is 2.81. The number of hydrogen-bond donors (Lipinski definition) is 0. The van der Waals surface area contributed by atoms with Gasteiger partial charge in [0.05, 0.1) is 11.0 Å². The minimum atomic E-state index is 0.621. The van der Waals surface area contributed by atoms with Gasteiger partial charge >= 0.3 is 0 Å². The molecule has 1 aliphatic heterocycles. The van der Waals surface area contributed by atoms with Gasteiger partial charge in [0.2, 0.25) is 0 Å². The lowest BCUT2D eigenvalue weighted by Gasteiger charge is -2.23. The molecule has 4 heteroatoms.